The van der Waals surface area contributed by atoms with E-state index in [4.69, 9.17) is 34.9 Å². The topological polar surface area (TPSA) is 474 Å². The number of aliphatic hydroxyl groups is 7. The van der Waals surface area contributed by atoms with Gasteiger partial charge in [-0.05, 0) is 41.1 Å². The summed E-state index contributed by atoms with van der Waals surface area (Å²) in [6.07, 6.45) is -3.15. The normalized spacial score (nSPS) is 24.3. The number of hydrogen-bond acceptors (Lipinski definition) is 26. The van der Waals surface area contributed by atoms with Crippen molar-refractivity contribution in [3.05, 3.63) is 107 Å². The van der Waals surface area contributed by atoms with E-state index in [1.54, 1.807) is 16.6 Å². The van der Waals surface area contributed by atoms with Gasteiger partial charge < -0.3 is 80.1 Å². The first kappa shape index (κ1) is 59.7. The van der Waals surface area contributed by atoms with Crippen LogP contribution >= 0.6 is 11.8 Å². The number of aryl methyl sites for hydroxylation is 1. The minimum absolute atomic E-state index is 0.0383. The number of nitrogens with one attached hydrogen (secondary N) is 3. The van der Waals surface area contributed by atoms with Gasteiger partial charge in [0.15, 0.2) is 34.8 Å². The second-order valence-corrected chi connectivity index (χ2v) is 17.9. The SMILES string of the molecule is CCCCCOC(=O)Nc1nc(=O)n([C@@H]2O[C@H](C)[C@@H](O)[C@H]2O)cc1F.Cn1cnc([N+](=O)[O-])c1Sc1ncnc2nc[nH]c12.Nc1ccn([C@@H]2O[C@H](CO)[C@@H](O)[C@@H]2O)c(=O)n1.O=c1[nH]c(=O)n([C@H]2C[C@H](O)[C@@H](CO)O2)cc1F. The highest BCUT2D eigenvalue weighted by Gasteiger charge is 2.44. The Morgan fingerprint density at radius 1 is 0.910 bits per heavy atom. The van der Waals surface area contributed by atoms with Gasteiger partial charge in [0, 0.05) is 19.7 Å². The number of rotatable bonds is 13. The molecule has 0 aliphatic carbocycles. The molecule has 0 aromatic carbocycles. The standard InChI is InChI=1S/C15H22FN3O6.C9H11FN2O5.C9H7N7O2S.C9H13N3O5/c1-3-4-5-6-24-15(23)18-12-9(16)7-19(14(22)17-12)13-11(21)10(20)8(2)25-13;10-4-2-12(9(16)11-8(4)15)7-1-5(14)6(3-13)17-7;1-15-4-14-7(16(17)18)9(15)19-8-5-6(11-2-10-5)12-3-13-8;10-5-1-2-12(9(16)11-5)8-7(15)6(14)4(3-13)17-8/h7-8,10-11,13,20-21H,3-6H2,1-2H3,(H,17,18,22,23);2,5-7,13-14H,1,3H2,(H,11,15,16);2-4H,1H3,(H,10,11,12,13);1-2,4,6-8,13-15H,3H2,(H2,10,11,16)/t8-,10-,11-,13-;5-,6+,7+;;4-,6-,7+,8-/m10.1/s1. The average molecular weight is 1130 g/mol. The van der Waals surface area contributed by atoms with E-state index in [-0.39, 0.29) is 24.7 Å². The van der Waals surface area contributed by atoms with Gasteiger partial charge in [0.05, 0.1) is 50.7 Å². The summed E-state index contributed by atoms with van der Waals surface area (Å²) in [4.78, 5) is 95.2. The summed E-state index contributed by atoms with van der Waals surface area (Å²) in [5, 5.41) is 80.0. The Morgan fingerprint density at radius 3 is 2.22 bits per heavy atom. The third kappa shape index (κ3) is 14.1. The number of unbranched alkanes of at least 4 members (excludes halogenated alkanes) is 2. The van der Waals surface area contributed by atoms with Crippen molar-refractivity contribution in [2.24, 2.45) is 7.05 Å². The first-order valence-corrected chi connectivity index (χ1v) is 24.0. The first-order chi connectivity index (χ1) is 37.1. The molecule has 9 rings (SSSR count). The van der Waals surface area contributed by atoms with E-state index in [1.165, 1.54) is 38.2 Å². The van der Waals surface area contributed by atoms with E-state index in [2.05, 4.69) is 40.2 Å². The van der Waals surface area contributed by atoms with E-state index in [1.807, 2.05) is 6.92 Å². The minimum atomic E-state index is -1.41. The Labute approximate surface area is 439 Å². The zero-order chi connectivity index (χ0) is 57.1. The van der Waals surface area contributed by atoms with Crippen LogP contribution in [0.4, 0.5) is 31.0 Å². The molecule has 12 N–H and O–H groups in total. The zero-order valence-corrected chi connectivity index (χ0v) is 41.9. The van der Waals surface area contributed by atoms with Gasteiger partial charge in [-0.25, -0.2) is 38.5 Å². The number of amides is 1. The molecule has 11 atom stereocenters. The lowest BCUT2D eigenvalue weighted by molar-refractivity contribution is -0.392. The fourth-order valence-electron chi connectivity index (χ4n) is 7.44. The van der Waals surface area contributed by atoms with E-state index < -0.39 is 132 Å². The molecule has 3 aliphatic heterocycles. The van der Waals surface area contributed by atoms with Crippen molar-refractivity contribution in [1.82, 2.24) is 58.1 Å². The molecule has 78 heavy (non-hydrogen) atoms. The van der Waals surface area contributed by atoms with Crippen LogP contribution in [0, 0.1) is 21.7 Å². The number of aliphatic hydroxyl groups excluding tert-OH is 7. The number of aromatic nitrogens is 12. The van der Waals surface area contributed by atoms with Gasteiger partial charge in [0.25, 0.3) is 5.56 Å². The molecule has 3 saturated heterocycles. The minimum Gasteiger partial charge on any atom is -0.449 e. The zero-order valence-electron chi connectivity index (χ0n) is 41.1. The number of hydrogen-bond donors (Lipinski definition) is 11. The number of carbonyl (C=O) groups is 1. The number of nitrogens with zero attached hydrogens (tertiary/aromatic N) is 11. The Bertz CT molecular complexity index is 3270. The number of carbonyl (C=O) groups excluding carboxylic acids is 1. The molecule has 3 aliphatic rings. The number of anilines is 2. The van der Waals surface area contributed by atoms with E-state index >= 15 is 0 Å². The van der Waals surface area contributed by atoms with Crippen molar-refractivity contribution < 1.29 is 73.2 Å². The van der Waals surface area contributed by atoms with Crippen molar-refractivity contribution in [2.45, 2.75) is 117 Å². The van der Waals surface area contributed by atoms with Gasteiger partial charge in [0.1, 0.15) is 65.5 Å². The average Bonchev–Trinajstić information content (AvgIpc) is 4.26. The van der Waals surface area contributed by atoms with Crippen LogP contribution in [0.15, 0.2) is 72.9 Å². The van der Waals surface area contributed by atoms with Crippen LogP contribution in [-0.4, -0.2) is 174 Å². The number of halogens is 2. The molecule has 0 saturated carbocycles. The first-order valence-electron chi connectivity index (χ1n) is 23.2. The Kier molecular flexibility index (Phi) is 20.4. The van der Waals surface area contributed by atoms with Gasteiger partial charge in [-0.3, -0.25) is 28.8 Å². The molecule has 9 heterocycles. The fourth-order valence-corrected chi connectivity index (χ4v) is 8.38. The van der Waals surface area contributed by atoms with Crippen molar-refractivity contribution in [3.8, 4) is 0 Å². The number of nitro groups is 1. The van der Waals surface area contributed by atoms with Crippen molar-refractivity contribution in [3.63, 3.8) is 0 Å². The van der Waals surface area contributed by atoms with Crippen LogP contribution in [0.1, 0.15) is 58.2 Å². The van der Waals surface area contributed by atoms with Crippen LogP contribution in [0.25, 0.3) is 11.2 Å². The van der Waals surface area contributed by atoms with E-state index in [0.29, 0.717) is 27.6 Å². The number of fused-ring (bicyclic) bond motifs is 1. The lowest BCUT2D eigenvalue weighted by Crippen LogP contribution is -2.36. The molecular weight excluding hydrogens is 1070 g/mol. The summed E-state index contributed by atoms with van der Waals surface area (Å²) in [5.74, 6) is -2.84. The van der Waals surface area contributed by atoms with Gasteiger partial charge >= 0.3 is 29.0 Å². The van der Waals surface area contributed by atoms with Crippen molar-refractivity contribution >= 4 is 46.5 Å². The second kappa shape index (κ2) is 26.7. The second-order valence-electron chi connectivity index (χ2n) is 17.0. The van der Waals surface area contributed by atoms with Crippen LogP contribution in [0.2, 0.25) is 0 Å². The Hall–Kier alpha value is -7.52. The molecule has 6 aromatic heterocycles. The largest absolute Gasteiger partial charge is 0.449 e. The van der Waals surface area contributed by atoms with Crippen LogP contribution in [0.5, 0.6) is 0 Å². The summed E-state index contributed by atoms with van der Waals surface area (Å²) >= 11 is 1.15. The summed E-state index contributed by atoms with van der Waals surface area (Å²) in [6.45, 7) is 2.83. The smallest absolute Gasteiger partial charge is 0.412 e. The third-order valence-corrected chi connectivity index (χ3v) is 12.7. The molecule has 3 fully saturated rings. The molecule has 36 heteroatoms. The maximum absolute atomic E-state index is 14.1. The number of ether oxygens (including phenoxy) is 4. The van der Waals surface area contributed by atoms with Crippen LogP contribution in [-0.2, 0) is 26.0 Å². The number of nitrogen functional groups attached to an aromatic ring is 1. The molecule has 33 nitrogen and oxygen atoms in total. The molecular formula is C42H53F2N15O18S. The monoisotopic (exact) mass is 1130 g/mol. The van der Waals surface area contributed by atoms with Gasteiger partial charge in [-0.1, -0.05) is 19.8 Å². The molecule has 424 valence electrons. The quantitative estimate of drug-likeness (QED) is 0.0250. The van der Waals surface area contributed by atoms with Gasteiger partial charge in [-0.15, -0.1) is 0 Å². The van der Waals surface area contributed by atoms with Crippen LogP contribution in [0.3, 0.4) is 0 Å². The molecule has 1 amide bonds. The number of aromatic amines is 2. The molecule has 0 spiro atoms. The number of nitrogens with two attached hydrogens (primary N) is 1. The molecule has 0 bridgehead atoms. The molecule has 0 radical (unpaired) electrons. The maximum Gasteiger partial charge on any atom is 0.412 e. The summed E-state index contributed by atoms with van der Waals surface area (Å²) < 4.78 is 51.7. The Morgan fingerprint density at radius 2 is 1.59 bits per heavy atom. The third-order valence-electron chi connectivity index (χ3n) is 11.5. The predicted octanol–water partition coefficient (Wildman–Crippen LogP) is -2.34. The van der Waals surface area contributed by atoms with E-state index in [9.17, 15) is 68.4 Å². The van der Waals surface area contributed by atoms with Gasteiger partial charge in [-0.2, -0.15) is 14.4 Å². The Balaban J connectivity index is 0.000000170. The highest BCUT2D eigenvalue weighted by atomic mass is 32.2. The summed E-state index contributed by atoms with van der Waals surface area (Å²) in [7, 11) is 1.69. The predicted molar refractivity (Wildman–Crippen MR) is 259 cm³/mol. The molecule has 6 aromatic rings. The molecule has 0 unspecified atom stereocenters. The van der Waals surface area contributed by atoms with E-state index in [0.717, 1.165) is 50.7 Å². The summed E-state index contributed by atoms with van der Waals surface area (Å²) in [5.41, 5.74) is 2.90. The van der Waals surface area contributed by atoms with Crippen molar-refractivity contribution in [1.29, 1.82) is 0 Å². The highest BCUT2D eigenvalue weighted by Crippen LogP contribution is 2.35. The fraction of sp³-hybridized carbons (Fsp3) is 0.500. The lowest BCUT2D eigenvalue weighted by Gasteiger charge is -2.17. The highest BCUT2D eigenvalue weighted by molar-refractivity contribution is 7.99. The maximum atomic E-state index is 14.1. The van der Waals surface area contributed by atoms with Crippen LogP contribution < -0.4 is 33.7 Å². The number of imidazole rings is 2. The lowest BCUT2D eigenvalue weighted by atomic mass is 10.1. The van der Waals surface area contributed by atoms with Crippen molar-refractivity contribution in [2.75, 3.05) is 30.9 Å². The summed E-state index contributed by atoms with van der Waals surface area (Å²) in [6, 6.07) is 1.37. The van der Waals surface area contributed by atoms with Gasteiger partial charge in [0.2, 0.25) is 12.1 Å². The number of H-pyrrole nitrogens is 2.